The van der Waals surface area contributed by atoms with Gasteiger partial charge in [-0.1, -0.05) is 24.3 Å². The van der Waals surface area contributed by atoms with E-state index in [0.29, 0.717) is 5.75 Å². The Kier molecular flexibility index (Phi) is 5.09. The highest BCUT2D eigenvalue weighted by Gasteiger charge is 2.36. The van der Waals surface area contributed by atoms with Crippen LogP contribution in [0.2, 0.25) is 0 Å². The average molecular weight is 472 g/mol. The van der Waals surface area contributed by atoms with Gasteiger partial charge in [-0.15, -0.1) is 0 Å². The number of nitrogens with zero attached hydrogens (tertiary/aromatic N) is 2. The second-order valence-electron chi connectivity index (χ2n) is 5.52. The summed E-state index contributed by atoms with van der Waals surface area (Å²) in [4.78, 5) is 0. The van der Waals surface area contributed by atoms with Crippen LogP contribution in [0.4, 0.5) is 0 Å². The van der Waals surface area contributed by atoms with Crippen LogP contribution in [-0.2, 0) is 23.3 Å². The molecular weight excluding hydrogens is 455 g/mol. The largest absolute Gasteiger partial charge is 0.497 e. The van der Waals surface area contributed by atoms with Crippen molar-refractivity contribution in [2.75, 3.05) is 7.11 Å². The Hall–Kier alpha value is -1.94. The van der Waals surface area contributed by atoms with Crippen LogP contribution in [-0.4, -0.2) is 29.2 Å². The molecule has 0 bridgehead atoms. The first-order chi connectivity index (χ1) is 11.9. The van der Waals surface area contributed by atoms with Crippen molar-refractivity contribution in [1.29, 1.82) is 0 Å². The number of ether oxygens (including phenoxy) is 1. The molecule has 0 saturated heterocycles. The summed E-state index contributed by atoms with van der Waals surface area (Å²) in [6.07, 6.45) is 1.25. The Bertz CT molecular complexity index is 897. The number of methoxy groups -OCH3 is 1. The topological polar surface area (TPSA) is 70.1 Å². The number of aliphatic hydroxyl groups is 1. The lowest BCUT2D eigenvalue weighted by Gasteiger charge is -2.22. The fraction of sp³-hybridized carbons (Fsp3) is 0.176. The molecular formula is C17H17IN2O4S. The van der Waals surface area contributed by atoms with Crippen LogP contribution in [0.3, 0.4) is 0 Å². The molecule has 0 saturated carbocycles. The van der Waals surface area contributed by atoms with E-state index in [-0.39, 0.29) is 19.0 Å². The van der Waals surface area contributed by atoms with Crippen molar-refractivity contribution in [1.82, 2.24) is 8.61 Å². The van der Waals surface area contributed by atoms with Crippen molar-refractivity contribution >= 4 is 32.8 Å². The highest BCUT2D eigenvalue weighted by molar-refractivity contribution is 14.1. The van der Waals surface area contributed by atoms with Gasteiger partial charge in [-0.3, -0.25) is 4.31 Å². The van der Waals surface area contributed by atoms with Gasteiger partial charge in [0.2, 0.25) is 5.88 Å². The van der Waals surface area contributed by atoms with Gasteiger partial charge >= 0.3 is 10.2 Å². The Labute approximate surface area is 160 Å². The summed E-state index contributed by atoms with van der Waals surface area (Å²) >= 11 is 2.18. The smallest absolute Gasteiger partial charge is 0.329 e. The summed E-state index contributed by atoms with van der Waals surface area (Å²) in [5, 5.41) is 10.1. The zero-order valence-electron chi connectivity index (χ0n) is 13.5. The van der Waals surface area contributed by atoms with Gasteiger partial charge in [-0.2, -0.15) is 8.42 Å². The van der Waals surface area contributed by atoms with E-state index >= 15 is 0 Å². The lowest BCUT2D eigenvalue weighted by Crippen LogP contribution is -2.33. The van der Waals surface area contributed by atoms with Gasteiger partial charge < -0.3 is 9.84 Å². The molecule has 0 unspecified atom stereocenters. The van der Waals surface area contributed by atoms with Gasteiger partial charge in [0.25, 0.3) is 0 Å². The zero-order chi connectivity index (χ0) is 18.0. The van der Waals surface area contributed by atoms with E-state index in [9.17, 15) is 13.5 Å². The van der Waals surface area contributed by atoms with Crippen molar-refractivity contribution in [2.45, 2.75) is 13.1 Å². The van der Waals surface area contributed by atoms with Crippen molar-refractivity contribution < 1.29 is 18.3 Å². The number of aliphatic hydroxyl groups excluding tert-OH is 1. The minimum atomic E-state index is -3.81. The summed E-state index contributed by atoms with van der Waals surface area (Å²) in [6, 6.07) is 14.6. The molecule has 25 heavy (non-hydrogen) atoms. The molecule has 1 aliphatic heterocycles. The summed E-state index contributed by atoms with van der Waals surface area (Å²) in [7, 11) is -2.25. The number of benzene rings is 2. The highest BCUT2D eigenvalue weighted by atomic mass is 127. The lowest BCUT2D eigenvalue weighted by atomic mass is 10.2. The van der Waals surface area contributed by atoms with Gasteiger partial charge in [0.15, 0.2) is 0 Å². The number of hydrogen-bond donors (Lipinski definition) is 1. The molecule has 0 aliphatic carbocycles. The second-order valence-corrected chi connectivity index (χ2v) is 8.58. The van der Waals surface area contributed by atoms with Crippen LogP contribution >= 0.6 is 22.6 Å². The normalized spacial score (nSPS) is 16.0. The Morgan fingerprint density at radius 1 is 1.08 bits per heavy atom. The molecule has 0 fully saturated rings. The third-order valence-corrected chi connectivity index (χ3v) is 6.17. The Balaban J connectivity index is 1.79. The molecule has 1 heterocycles. The van der Waals surface area contributed by atoms with E-state index < -0.39 is 10.2 Å². The van der Waals surface area contributed by atoms with Gasteiger partial charge in [0, 0.05) is 3.57 Å². The van der Waals surface area contributed by atoms with Crippen molar-refractivity contribution in [3.63, 3.8) is 0 Å². The van der Waals surface area contributed by atoms with Gasteiger partial charge in [0.1, 0.15) is 5.75 Å². The zero-order valence-corrected chi connectivity index (χ0v) is 16.4. The molecule has 3 rings (SSSR count). The van der Waals surface area contributed by atoms with E-state index in [0.717, 1.165) is 23.3 Å². The van der Waals surface area contributed by atoms with Gasteiger partial charge in [-0.25, -0.2) is 4.31 Å². The summed E-state index contributed by atoms with van der Waals surface area (Å²) < 4.78 is 33.7. The molecule has 0 atom stereocenters. The SMILES string of the molecule is COc1ccc(CN2C(O)=CN(Cc3cccc(I)c3)S2(=O)=O)cc1. The third kappa shape index (κ3) is 3.84. The quantitative estimate of drug-likeness (QED) is 0.679. The van der Waals surface area contributed by atoms with Crippen LogP contribution in [0.5, 0.6) is 5.75 Å². The average Bonchev–Trinajstić information content (AvgIpc) is 2.79. The highest BCUT2D eigenvalue weighted by Crippen LogP contribution is 2.27. The Morgan fingerprint density at radius 2 is 1.80 bits per heavy atom. The number of halogens is 1. The molecule has 2 aromatic carbocycles. The van der Waals surface area contributed by atoms with Crippen molar-refractivity contribution in [3.8, 4) is 5.75 Å². The van der Waals surface area contributed by atoms with Gasteiger partial charge in [0.05, 0.1) is 26.4 Å². The van der Waals surface area contributed by atoms with Gasteiger partial charge in [-0.05, 0) is 58.0 Å². The predicted octanol–water partition coefficient (Wildman–Crippen LogP) is 3.22. The van der Waals surface area contributed by atoms with Crippen molar-refractivity contribution in [3.05, 3.63) is 75.3 Å². The molecule has 0 spiro atoms. The molecule has 0 radical (unpaired) electrons. The summed E-state index contributed by atoms with van der Waals surface area (Å²) in [6.45, 7) is 0.222. The Morgan fingerprint density at radius 3 is 2.44 bits per heavy atom. The van der Waals surface area contributed by atoms with E-state index in [1.807, 2.05) is 24.3 Å². The number of hydrogen-bond acceptors (Lipinski definition) is 4. The van der Waals surface area contributed by atoms with E-state index in [2.05, 4.69) is 22.6 Å². The lowest BCUT2D eigenvalue weighted by molar-refractivity contribution is 0.284. The fourth-order valence-electron chi connectivity index (χ4n) is 2.51. The maximum absolute atomic E-state index is 12.7. The molecule has 132 valence electrons. The van der Waals surface area contributed by atoms with Crippen LogP contribution in [0, 0.1) is 3.57 Å². The molecule has 0 aromatic heterocycles. The van der Waals surface area contributed by atoms with Crippen LogP contribution < -0.4 is 4.74 Å². The number of rotatable bonds is 5. The monoisotopic (exact) mass is 472 g/mol. The molecule has 2 aromatic rings. The maximum atomic E-state index is 12.7. The minimum Gasteiger partial charge on any atom is -0.497 e. The third-order valence-electron chi connectivity index (χ3n) is 3.80. The van der Waals surface area contributed by atoms with Crippen LogP contribution in [0.1, 0.15) is 11.1 Å². The molecule has 8 heteroatoms. The molecule has 1 aliphatic rings. The maximum Gasteiger partial charge on any atom is 0.329 e. The summed E-state index contributed by atoms with van der Waals surface area (Å²) in [5.74, 6) is 0.398. The second kappa shape index (κ2) is 7.12. The summed E-state index contributed by atoms with van der Waals surface area (Å²) in [5.41, 5.74) is 1.60. The first-order valence-electron chi connectivity index (χ1n) is 7.48. The first kappa shape index (κ1) is 17.9. The van der Waals surface area contributed by atoms with Crippen LogP contribution in [0.25, 0.3) is 0 Å². The standard InChI is InChI=1S/C17H17IN2O4S/c1-24-16-7-5-13(6-8-16)11-20-17(21)12-19(25(20,22)23)10-14-3-2-4-15(18)9-14/h2-9,12,21H,10-11H2,1H3. The fourth-order valence-corrected chi connectivity index (χ4v) is 4.50. The van der Waals surface area contributed by atoms with E-state index in [1.54, 1.807) is 31.4 Å². The van der Waals surface area contributed by atoms with Crippen LogP contribution in [0.15, 0.2) is 60.6 Å². The minimum absolute atomic E-state index is 0.0531. The van der Waals surface area contributed by atoms with Crippen molar-refractivity contribution in [2.24, 2.45) is 0 Å². The van der Waals surface area contributed by atoms with E-state index in [4.69, 9.17) is 4.74 Å². The molecule has 0 amide bonds. The molecule has 1 N–H and O–H groups in total. The van der Waals surface area contributed by atoms with E-state index in [1.165, 1.54) is 6.20 Å². The predicted molar refractivity (Wildman–Crippen MR) is 103 cm³/mol. The first-order valence-corrected chi connectivity index (χ1v) is 9.95. The molecule has 6 nitrogen and oxygen atoms in total.